The lowest BCUT2D eigenvalue weighted by Crippen LogP contribution is -2.35. The van der Waals surface area contributed by atoms with Gasteiger partial charge in [-0.1, -0.05) is 0 Å². The average molecular weight is 426 g/mol. The summed E-state index contributed by atoms with van der Waals surface area (Å²) in [5, 5.41) is 15.2. The standard InChI is InChI=1S/C17H27N7O2S2/c1-3-18-16(27)22-20-11-14(21-23-17(28)19-4-2)15-6-5-13(26-15)12-24-7-9-25-10-8-24/h5-6,11H,3-4,7-10,12H2,1-2H3,(H2,18,22,27)(H2,19,23,28)/b20-11+,21-14-. The number of nitrogens with one attached hydrogen (secondary N) is 4. The molecule has 0 amide bonds. The molecule has 0 aliphatic carbocycles. The van der Waals surface area contributed by atoms with Crippen molar-refractivity contribution in [1.29, 1.82) is 0 Å². The number of furan rings is 1. The summed E-state index contributed by atoms with van der Waals surface area (Å²) in [4.78, 5) is 2.28. The molecule has 4 N–H and O–H groups in total. The molecule has 0 saturated carbocycles. The van der Waals surface area contributed by atoms with Crippen LogP contribution in [0.3, 0.4) is 0 Å². The Labute approximate surface area is 175 Å². The van der Waals surface area contributed by atoms with Gasteiger partial charge in [-0.05, 0) is 50.4 Å². The highest BCUT2D eigenvalue weighted by molar-refractivity contribution is 7.80. The van der Waals surface area contributed by atoms with Gasteiger partial charge in [0.2, 0.25) is 0 Å². The molecule has 154 valence electrons. The number of hydrogen-bond donors (Lipinski definition) is 4. The maximum absolute atomic E-state index is 5.96. The molecule has 0 spiro atoms. The highest BCUT2D eigenvalue weighted by Gasteiger charge is 2.14. The summed E-state index contributed by atoms with van der Waals surface area (Å²) in [7, 11) is 0. The molecule has 0 unspecified atom stereocenters. The molecule has 1 aromatic rings. The number of nitrogens with zero attached hydrogens (tertiary/aromatic N) is 3. The molecule has 9 nitrogen and oxygen atoms in total. The van der Waals surface area contributed by atoms with Gasteiger partial charge in [0, 0.05) is 26.2 Å². The molecule has 1 aliphatic rings. The number of hydrazone groups is 2. The average Bonchev–Trinajstić information content (AvgIpc) is 3.14. The highest BCUT2D eigenvalue weighted by atomic mass is 32.1. The van der Waals surface area contributed by atoms with Crippen LogP contribution < -0.4 is 21.5 Å². The Kier molecular flexibility index (Phi) is 9.83. The molecular formula is C17H27N7O2S2. The molecule has 2 heterocycles. The van der Waals surface area contributed by atoms with Crippen molar-refractivity contribution in [3.63, 3.8) is 0 Å². The van der Waals surface area contributed by atoms with Gasteiger partial charge in [-0.25, -0.2) is 0 Å². The zero-order valence-electron chi connectivity index (χ0n) is 16.2. The van der Waals surface area contributed by atoms with E-state index in [1.165, 1.54) is 6.21 Å². The Morgan fingerprint density at radius 2 is 1.79 bits per heavy atom. The lowest BCUT2D eigenvalue weighted by molar-refractivity contribution is 0.0313. The SMILES string of the molecule is CCNC(=S)N/N=C(/C=N/NC(=S)NCC)c1ccc(CN2CCOCC2)o1. The van der Waals surface area contributed by atoms with Crippen LogP contribution in [0.2, 0.25) is 0 Å². The Morgan fingerprint density at radius 3 is 2.46 bits per heavy atom. The van der Waals surface area contributed by atoms with Crippen molar-refractivity contribution in [2.75, 3.05) is 39.4 Å². The van der Waals surface area contributed by atoms with E-state index in [0.29, 0.717) is 34.8 Å². The van der Waals surface area contributed by atoms with E-state index in [-0.39, 0.29) is 0 Å². The largest absolute Gasteiger partial charge is 0.458 e. The van der Waals surface area contributed by atoms with Gasteiger partial charge in [0.05, 0.1) is 26.0 Å². The van der Waals surface area contributed by atoms with E-state index in [1.807, 2.05) is 26.0 Å². The molecule has 0 radical (unpaired) electrons. The third-order valence-electron chi connectivity index (χ3n) is 3.70. The predicted octanol–water partition coefficient (Wildman–Crippen LogP) is 0.770. The minimum atomic E-state index is 0.421. The number of thiocarbonyl (C=S) groups is 2. The van der Waals surface area contributed by atoms with Gasteiger partial charge in [0.1, 0.15) is 11.5 Å². The van der Waals surface area contributed by atoms with Crippen molar-refractivity contribution in [1.82, 2.24) is 26.4 Å². The summed E-state index contributed by atoms with van der Waals surface area (Å²) in [5.41, 5.74) is 6.01. The normalized spacial score (nSPS) is 15.4. The van der Waals surface area contributed by atoms with Gasteiger partial charge < -0.3 is 19.8 Å². The Bertz CT molecular complexity index is 699. The molecule has 2 rings (SSSR count). The van der Waals surface area contributed by atoms with Crippen molar-refractivity contribution < 1.29 is 9.15 Å². The van der Waals surface area contributed by atoms with Crippen LogP contribution >= 0.6 is 24.4 Å². The lowest BCUT2D eigenvalue weighted by Gasteiger charge is -2.25. The van der Waals surface area contributed by atoms with Gasteiger partial charge >= 0.3 is 0 Å². The monoisotopic (exact) mass is 425 g/mol. The molecule has 0 aromatic carbocycles. The minimum absolute atomic E-state index is 0.421. The van der Waals surface area contributed by atoms with Crippen LogP contribution in [0.4, 0.5) is 0 Å². The first-order valence-corrected chi connectivity index (χ1v) is 10.0. The molecule has 0 atom stereocenters. The highest BCUT2D eigenvalue weighted by Crippen LogP contribution is 2.12. The Morgan fingerprint density at radius 1 is 1.11 bits per heavy atom. The van der Waals surface area contributed by atoms with Gasteiger partial charge in [-0.3, -0.25) is 15.8 Å². The Hall–Kier alpha value is -2.08. The minimum Gasteiger partial charge on any atom is -0.458 e. The van der Waals surface area contributed by atoms with Crippen molar-refractivity contribution in [3.8, 4) is 0 Å². The first-order valence-electron chi connectivity index (χ1n) is 9.20. The summed E-state index contributed by atoms with van der Waals surface area (Å²) in [6.07, 6.45) is 1.53. The van der Waals surface area contributed by atoms with Crippen LogP contribution in [-0.2, 0) is 11.3 Å². The fourth-order valence-corrected chi connectivity index (χ4v) is 2.78. The summed E-state index contributed by atoms with van der Waals surface area (Å²) in [6.45, 7) is 9.32. The maximum Gasteiger partial charge on any atom is 0.186 e. The second-order valence-corrected chi connectivity index (χ2v) is 6.67. The first kappa shape index (κ1) is 22.2. The van der Waals surface area contributed by atoms with E-state index >= 15 is 0 Å². The molecule has 1 fully saturated rings. The number of ether oxygens (including phenoxy) is 1. The molecule has 1 saturated heterocycles. The fourth-order valence-electron chi connectivity index (χ4n) is 2.39. The second kappa shape index (κ2) is 12.4. The molecule has 0 bridgehead atoms. The lowest BCUT2D eigenvalue weighted by atomic mass is 10.3. The fraction of sp³-hybridized carbons (Fsp3) is 0.529. The quantitative estimate of drug-likeness (QED) is 0.273. The zero-order valence-corrected chi connectivity index (χ0v) is 17.8. The van der Waals surface area contributed by atoms with E-state index in [4.69, 9.17) is 33.6 Å². The zero-order chi connectivity index (χ0) is 20.2. The van der Waals surface area contributed by atoms with E-state index in [9.17, 15) is 0 Å². The van der Waals surface area contributed by atoms with Crippen molar-refractivity contribution in [3.05, 3.63) is 23.7 Å². The second-order valence-electron chi connectivity index (χ2n) is 5.85. The smallest absolute Gasteiger partial charge is 0.186 e. The maximum atomic E-state index is 5.96. The van der Waals surface area contributed by atoms with Crippen molar-refractivity contribution >= 4 is 46.6 Å². The van der Waals surface area contributed by atoms with Crippen molar-refractivity contribution in [2.24, 2.45) is 10.2 Å². The van der Waals surface area contributed by atoms with Gasteiger partial charge in [0.25, 0.3) is 0 Å². The number of hydrogen-bond acceptors (Lipinski definition) is 7. The molecule has 28 heavy (non-hydrogen) atoms. The van der Waals surface area contributed by atoms with Gasteiger partial charge in [-0.2, -0.15) is 10.2 Å². The molecule has 1 aliphatic heterocycles. The van der Waals surface area contributed by atoms with E-state index < -0.39 is 0 Å². The van der Waals surface area contributed by atoms with Gasteiger partial charge in [-0.15, -0.1) is 0 Å². The van der Waals surface area contributed by atoms with Crippen LogP contribution in [0.15, 0.2) is 26.8 Å². The van der Waals surface area contributed by atoms with Crippen LogP contribution in [0.25, 0.3) is 0 Å². The van der Waals surface area contributed by atoms with Crippen LogP contribution in [0.1, 0.15) is 25.4 Å². The van der Waals surface area contributed by atoms with E-state index in [2.05, 4.69) is 36.6 Å². The topological polar surface area (TPSA) is 98.5 Å². The summed E-state index contributed by atoms with van der Waals surface area (Å²) in [5.74, 6) is 1.43. The third-order valence-corrected chi connectivity index (χ3v) is 4.17. The summed E-state index contributed by atoms with van der Waals surface area (Å²) >= 11 is 10.3. The number of morpholine rings is 1. The predicted molar refractivity (Wildman–Crippen MR) is 119 cm³/mol. The number of rotatable bonds is 8. The Balaban J connectivity index is 2.06. The molecular weight excluding hydrogens is 398 g/mol. The van der Waals surface area contributed by atoms with Crippen molar-refractivity contribution in [2.45, 2.75) is 20.4 Å². The molecule has 11 heteroatoms. The van der Waals surface area contributed by atoms with Crippen LogP contribution in [0.5, 0.6) is 0 Å². The van der Waals surface area contributed by atoms with E-state index in [0.717, 1.165) is 38.6 Å². The summed E-state index contributed by atoms with van der Waals surface area (Å²) < 4.78 is 11.3. The summed E-state index contributed by atoms with van der Waals surface area (Å²) in [6, 6.07) is 3.80. The van der Waals surface area contributed by atoms with Crippen LogP contribution in [-0.4, -0.2) is 66.4 Å². The molecule has 1 aromatic heterocycles. The van der Waals surface area contributed by atoms with Crippen LogP contribution in [0, 0.1) is 0 Å². The first-order chi connectivity index (χ1) is 13.6. The van der Waals surface area contributed by atoms with Gasteiger partial charge in [0.15, 0.2) is 16.0 Å². The third kappa shape index (κ3) is 7.89. The van der Waals surface area contributed by atoms with E-state index in [1.54, 1.807) is 0 Å².